The number of rotatable bonds is 6. The third-order valence-electron chi connectivity index (χ3n) is 3.77. The Morgan fingerprint density at radius 3 is 2.50 bits per heavy atom. The zero-order valence-electron chi connectivity index (χ0n) is 12.6. The first-order chi connectivity index (χ1) is 10.1. The molecule has 1 aliphatic rings. The Morgan fingerprint density at radius 1 is 1.23 bits per heavy atom. The molecule has 1 aliphatic carbocycles. The van der Waals surface area contributed by atoms with Crippen LogP contribution in [0.3, 0.4) is 0 Å². The minimum absolute atomic E-state index is 0. The molecule has 3 nitrogen and oxygen atoms in total. The number of hydrogen-bond acceptors (Lipinski definition) is 3. The van der Waals surface area contributed by atoms with E-state index in [0.717, 1.165) is 42.3 Å². The lowest BCUT2D eigenvalue weighted by Crippen LogP contribution is -2.40. The fourth-order valence-electron chi connectivity index (χ4n) is 2.52. The highest BCUT2D eigenvalue weighted by Crippen LogP contribution is 2.22. The molecule has 0 heterocycles. The molecular weight excluding hydrogens is 384 g/mol. The Balaban J connectivity index is 0.00000242. The van der Waals surface area contributed by atoms with Gasteiger partial charge in [-0.2, -0.15) is 0 Å². The first-order valence-electron chi connectivity index (χ1n) is 7.57. The Morgan fingerprint density at radius 2 is 1.86 bits per heavy atom. The van der Waals surface area contributed by atoms with E-state index in [9.17, 15) is 4.79 Å². The molecule has 22 heavy (non-hydrogen) atoms. The second-order valence-electron chi connectivity index (χ2n) is 5.59. The Labute approximate surface area is 151 Å². The van der Waals surface area contributed by atoms with Crippen LogP contribution in [0.5, 0.6) is 0 Å². The van der Waals surface area contributed by atoms with Crippen molar-refractivity contribution in [1.29, 1.82) is 0 Å². The van der Waals surface area contributed by atoms with E-state index >= 15 is 0 Å². The zero-order valence-corrected chi connectivity index (χ0v) is 15.8. The third kappa shape index (κ3) is 7.36. The lowest BCUT2D eigenvalue weighted by atomic mass is 9.92. The van der Waals surface area contributed by atoms with Crippen LogP contribution in [0.4, 0.5) is 0 Å². The summed E-state index contributed by atoms with van der Waals surface area (Å²) in [6.45, 7) is 0. The number of thioether (sulfide) groups is 1. The van der Waals surface area contributed by atoms with Gasteiger partial charge in [-0.05, 0) is 62.1 Å². The standard InChI is InChI=1S/C16H23BrN2OS.ClH/c17-12-3-9-15(10-4-12)21-11-1-2-16(20)19-14-7-5-13(18)6-8-14;/h3-4,9-10,13-14H,1-2,5-8,11,18H2,(H,19,20);1H. The summed E-state index contributed by atoms with van der Waals surface area (Å²) in [5, 5.41) is 3.14. The quantitative estimate of drug-likeness (QED) is 0.550. The van der Waals surface area contributed by atoms with E-state index in [1.165, 1.54) is 4.90 Å². The molecular formula is C16H24BrClN2OS. The van der Waals surface area contributed by atoms with Gasteiger partial charge in [0.05, 0.1) is 0 Å². The molecule has 0 unspecified atom stereocenters. The van der Waals surface area contributed by atoms with Crippen LogP contribution < -0.4 is 11.1 Å². The summed E-state index contributed by atoms with van der Waals surface area (Å²) in [5.74, 6) is 1.16. The summed E-state index contributed by atoms with van der Waals surface area (Å²) in [6, 6.07) is 8.96. The lowest BCUT2D eigenvalue weighted by Gasteiger charge is -2.26. The Bertz CT molecular complexity index is 450. The van der Waals surface area contributed by atoms with Crippen molar-refractivity contribution in [3.63, 3.8) is 0 Å². The van der Waals surface area contributed by atoms with Crippen molar-refractivity contribution in [1.82, 2.24) is 5.32 Å². The van der Waals surface area contributed by atoms with Gasteiger partial charge in [0, 0.05) is 27.9 Å². The molecule has 0 aliphatic heterocycles. The maximum Gasteiger partial charge on any atom is 0.220 e. The molecule has 0 saturated heterocycles. The fraction of sp³-hybridized carbons (Fsp3) is 0.562. The molecule has 1 saturated carbocycles. The van der Waals surface area contributed by atoms with Crippen LogP contribution in [-0.4, -0.2) is 23.7 Å². The molecule has 0 atom stereocenters. The topological polar surface area (TPSA) is 55.1 Å². The highest BCUT2D eigenvalue weighted by atomic mass is 79.9. The number of nitrogens with one attached hydrogen (secondary N) is 1. The maximum absolute atomic E-state index is 11.9. The number of amides is 1. The van der Waals surface area contributed by atoms with E-state index in [4.69, 9.17) is 5.73 Å². The molecule has 3 N–H and O–H groups in total. The molecule has 0 bridgehead atoms. The van der Waals surface area contributed by atoms with E-state index in [0.29, 0.717) is 18.5 Å². The van der Waals surface area contributed by atoms with Gasteiger partial charge in [-0.15, -0.1) is 24.2 Å². The van der Waals surface area contributed by atoms with Gasteiger partial charge in [-0.25, -0.2) is 0 Å². The molecule has 6 heteroatoms. The van der Waals surface area contributed by atoms with E-state index in [2.05, 4.69) is 33.4 Å². The largest absolute Gasteiger partial charge is 0.353 e. The van der Waals surface area contributed by atoms with Gasteiger partial charge in [0.2, 0.25) is 5.91 Å². The van der Waals surface area contributed by atoms with E-state index in [-0.39, 0.29) is 18.3 Å². The summed E-state index contributed by atoms with van der Waals surface area (Å²) in [5.41, 5.74) is 5.87. The summed E-state index contributed by atoms with van der Waals surface area (Å²) in [7, 11) is 0. The minimum Gasteiger partial charge on any atom is -0.353 e. The number of carbonyl (C=O) groups excluding carboxylic acids is 1. The van der Waals surface area contributed by atoms with Crippen LogP contribution in [0.15, 0.2) is 33.6 Å². The number of carbonyl (C=O) groups is 1. The Kier molecular flexibility index (Phi) is 9.48. The van der Waals surface area contributed by atoms with Crippen LogP contribution >= 0.6 is 40.1 Å². The number of halogens is 2. The number of hydrogen-bond donors (Lipinski definition) is 2. The molecule has 1 aromatic carbocycles. The van der Waals surface area contributed by atoms with Gasteiger partial charge in [-0.1, -0.05) is 15.9 Å². The van der Waals surface area contributed by atoms with Gasteiger partial charge < -0.3 is 11.1 Å². The predicted octanol–water partition coefficient (Wildman–Crippen LogP) is 4.13. The summed E-state index contributed by atoms with van der Waals surface area (Å²) >= 11 is 5.23. The number of nitrogens with two attached hydrogens (primary N) is 1. The van der Waals surface area contributed by atoms with Crippen LogP contribution in [-0.2, 0) is 4.79 Å². The second kappa shape index (κ2) is 10.5. The van der Waals surface area contributed by atoms with Crippen LogP contribution in [0.2, 0.25) is 0 Å². The Hall–Kier alpha value is -0.230. The highest BCUT2D eigenvalue weighted by Gasteiger charge is 2.19. The van der Waals surface area contributed by atoms with Crippen molar-refractivity contribution in [2.45, 2.75) is 55.5 Å². The molecule has 1 aromatic rings. The molecule has 2 rings (SSSR count). The van der Waals surface area contributed by atoms with Crippen LogP contribution in [0.25, 0.3) is 0 Å². The van der Waals surface area contributed by atoms with Gasteiger partial charge in [-0.3, -0.25) is 4.79 Å². The first kappa shape index (κ1) is 19.8. The first-order valence-corrected chi connectivity index (χ1v) is 9.34. The summed E-state index contributed by atoms with van der Waals surface area (Å²) in [4.78, 5) is 13.1. The summed E-state index contributed by atoms with van der Waals surface area (Å²) < 4.78 is 1.10. The maximum atomic E-state index is 11.9. The normalized spacial score (nSPS) is 21.0. The van der Waals surface area contributed by atoms with Gasteiger partial charge in [0.15, 0.2) is 0 Å². The van der Waals surface area contributed by atoms with Crippen molar-refractivity contribution >= 4 is 46.0 Å². The third-order valence-corrected chi connectivity index (χ3v) is 5.39. The minimum atomic E-state index is 0. The van der Waals surface area contributed by atoms with Crippen LogP contribution in [0.1, 0.15) is 38.5 Å². The van der Waals surface area contributed by atoms with Crippen molar-refractivity contribution in [2.24, 2.45) is 5.73 Å². The second-order valence-corrected chi connectivity index (χ2v) is 7.67. The molecule has 0 spiro atoms. The van der Waals surface area contributed by atoms with Crippen molar-refractivity contribution < 1.29 is 4.79 Å². The van der Waals surface area contributed by atoms with E-state index in [1.807, 2.05) is 12.1 Å². The highest BCUT2D eigenvalue weighted by molar-refractivity contribution is 9.10. The van der Waals surface area contributed by atoms with Gasteiger partial charge in [0.25, 0.3) is 0 Å². The SMILES string of the molecule is Cl.NC1CCC(NC(=O)CCCSc2ccc(Br)cc2)CC1. The van der Waals surface area contributed by atoms with E-state index < -0.39 is 0 Å². The predicted molar refractivity (Wildman–Crippen MR) is 99.7 cm³/mol. The van der Waals surface area contributed by atoms with Gasteiger partial charge >= 0.3 is 0 Å². The lowest BCUT2D eigenvalue weighted by molar-refractivity contribution is -0.122. The summed E-state index contributed by atoms with van der Waals surface area (Å²) in [6.07, 6.45) is 5.65. The molecule has 124 valence electrons. The average molecular weight is 408 g/mol. The molecule has 0 radical (unpaired) electrons. The average Bonchev–Trinajstić information content (AvgIpc) is 2.48. The monoisotopic (exact) mass is 406 g/mol. The van der Waals surface area contributed by atoms with E-state index in [1.54, 1.807) is 11.8 Å². The fourth-order valence-corrected chi connectivity index (χ4v) is 3.63. The van der Waals surface area contributed by atoms with Crippen molar-refractivity contribution in [3.05, 3.63) is 28.7 Å². The van der Waals surface area contributed by atoms with Crippen molar-refractivity contribution in [3.8, 4) is 0 Å². The van der Waals surface area contributed by atoms with Crippen molar-refractivity contribution in [2.75, 3.05) is 5.75 Å². The van der Waals surface area contributed by atoms with Crippen LogP contribution in [0, 0.1) is 0 Å². The molecule has 1 fully saturated rings. The number of benzene rings is 1. The van der Waals surface area contributed by atoms with Gasteiger partial charge in [0.1, 0.15) is 0 Å². The molecule has 1 amide bonds. The molecule has 0 aromatic heterocycles. The zero-order chi connectivity index (χ0) is 15.1. The smallest absolute Gasteiger partial charge is 0.220 e.